The Morgan fingerprint density at radius 1 is 1.03 bits per heavy atom. The largest absolute Gasteiger partial charge is 0.497 e. The summed E-state index contributed by atoms with van der Waals surface area (Å²) in [4.78, 5) is 10.6. The number of nitrogens with one attached hydrogen (secondary N) is 1. The van der Waals surface area contributed by atoms with Gasteiger partial charge in [-0.3, -0.25) is 4.90 Å². The molecule has 166 valence electrons. The molecule has 2 aromatic carbocycles. The van der Waals surface area contributed by atoms with Gasteiger partial charge in [-0.1, -0.05) is 32.9 Å². The van der Waals surface area contributed by atoms with Crippen molar-refractivity contribution in [1.82, 2.24) is 19.2 Å². The number of hydrogen-bond acceptors (Lipinski definition) is 5. The summed E-state index contributed by atoms with van der Waals surface area (Å²) in [6.07, 6.45) is 0. The highest BCUT2D eigenvalue weighted by Crippen LogP contribution is 2.25. The Balaban J connectivity index is 1.40. The quantitative estimate of drug-likeness (QED) is 0.655. The van der Waals surface area contributed by atoms with Gasteiger partial charge in [0.15, 0.2) is 0 Å². The van der Waals surface area contributed by atoms with Crippen molar-refractivity contribution in [3.63, 3.8) is 0 Å². The highest BCUT2D eigenvalue weighted by atomic mass is 32.2. The van der Waals surface area contributed by atoms with E-state index < -0.39 is 10.0 Å². The fraction of sp³-hybridized carbons (Fsp3) is 0.435. The number of methoxy groups -OCH3 is 1. The molecule has 1 aliphatic heterocycles. The van der Waals surface area contributed by atoms with Crippen molar-refractivity contribution in [3.8, 4) is 5.75 Å². The van der Waals surface area contributed by atoms with Gasteiger partial charge in [-0.2, -0.15) is 4.31 Å². The van der Waals surface area contributed by atoms with Crippen LogP contribution in [0.4, 0.5) is 0 Å². The van der Waals surface area contributed by atoms with Gasteiger partial charge in [0.1, 0.15) is 11.6 Å². The van der Waals surface area contributed by atoms with E-state index >= 15 is 0 Å². The molecule has 0 bridgehead atoms. The van der Waals surface area contributed by atoms with Crippen LogP contribution >= 0.6 is 0 Å². The minimum Gasteiger partial charge on any atom is -0.497 e. The van der Waals surface area contributed by atoms with Gasteiger partial charge in [-0.25, -0.2) is 13.4 Å². The second-order valence-corrected chi connectivity index (χ2v) is 11.0. The van der Waals surface area contributed by atoms with E-state index in [-0.39, 0.29) is 5.41 Å². The lowest BCUT2D eigenvalue weighted by atomic mass is 9.87. The number of rotatable bonds is 5. The number of ether oxygens (including phenoxy) is 1. The number of fused-ring (bicyclic) bond motifs is 1. The highest BCUT2D eigenvalue weighted by Gasteiger charge is 2.29. The van der Waals surface area contributed by atoms with Crippen molar-refractivity contribution < 1.29 is 13.2 Å². The lowest BCUT2D eigenvalue weighted by Gasteiger charge is -2.33. The Hall–Kier alpha value is -2.42. The van der Waals surface area contributed by atoms with Gasteiger partial charge >= 0.3 is 0 Å². The SMILES string of the molecule is COc1ccc2nc(CN3CCN(S(=O)(=O)c4ccc(C(C)(C)C)cc4)CC3)[nH]c2c1. The van der Waals surface area contributed by atoms with E-state index in [2.05, 4.69) is 35.6 Å². The lowest BCUT2D eigenvalue weighted by molar-refractivity contribution is 0.178. The van der Waals surface area contributed by atoms with Gasteiger partial charge in [0.2, 0.25) is 10.0 Å². The molecular formula is C23H30N4O3S. The second-order valence-electron chi connectivity index (χ2n) is 9.02. The Morgan fingerprint density at radius 3 is 2.32 bits per heavy atom. The Kier molecular flexibility index (Phi) is 5.81. The maximum absolute atomic E-state index is 13.1. The zero-order chi connectivity index (χ0) is 22.2. The summed E-state index contributed by atoms with van der Waals surface area (Å²) in [7, 11) is -1.84. The van der Waals surface area contributed by atoms with E-state index in [1.165, 1.54) is 0 Å². The van der Waals surface area contributed by atoms with Gasteiger partial charge in [0, 0.05) is 32.2 Å². The summed E-state index contributed by atoms with van der Waals surface area (Å²) in [5.41, 5.74) is 2.96. The Bertz CT molecular complexity index is 1160. The molecule has 31 heavy (non-hydrogen) atoms. The molecule has 0 amide bonds. The van der Waals surface area contributed by atoms with E-state index in [1.54, 1.807) is 23.5 Å². The van der Waals surface area contributed by atoms with E-state index in [0.717, 1.165) is 28.2 Å². The third kappa shape index (κ3) is 4.61. The highest BCUT2D eigenvalue weighted by molar-refractivity contribution is 7.89. The van der Waals surface area contributed by atoms with Crippen LogP contribution in [0.1, 0.15) is 32.2 Å². The average molecular weight is 443 g/mol. The monoisotopic (exact) mass is 442 g/mol. The van der Waals surface area contributed by atoms with Crippen molar-refractivity contribution >= 4 is 21.1 Å². The predicted octanol–water partition coefficient (Wildman–Crippen LogP) is 3.38. The number of hydrogen-bond donors (Lipinski definition) is 1. The molecule has 0 unspecified atom stereocenters. The van der Waals surface area contributed by atoms with Crippen LogP contribution in [0.5, 0.6) is 5.75 Å². The average Bonchev–Trinajstić information content (AvgIpc) is 3.15. The first kappa shape index (κ1) is 21.8. The number of nitrogens with zero attached hydrogens (tertiary/aromatic N) is 3. The van der Waals surface area contributed by atoms with Crippen LogP contribution in [0.25, 0.3) is 11.0 Å². The Labute approximate surface area is 184 Å². The molecule has 7 nitrogen and oxygen atoms in total. The van der Waals surface area contributed by atoms with Gasteiger partial charge < -0.3 is 9.72 Å². The third-order valence-corrected chi connectivity index (χ3v) is 7.71. The first-order chi connectivity index (χ1) is 14.7. The molecule has 2 heterocycles. The smallest absolute Gasteiger partial charge is 0.243 e. The summed E-state index contributed by atoms with van der Waals surface area (Å²) in [5.74, 6) is 1.66. The number of aromatic nitrogens is 2. The van der Waals surface area contributed by atoms with Crippen molar-refractivity contribution in [3.05, 3.63) is 53.9 Å². The van der Waals surface area contributed by atoms with Crippen molar-refractivity contribution in [2.75, 3.05) is 33.3 Å². The third-order valence-electron chi connectivity index (χ3n) is 5.80. The normalized spacial score (nSPS) is 16.6. The van der Waals surface area contributed by atoms with Crippen LogP contribution in [-0.4, -0.2) is 60.9 Å². The maximum atomic E-state index is 13.1. The fourth-order valence-electron chi connectivity index (χ4n) is 3.86. The van der Waals surface area contributed by atoms with Crippen LogP contribution in [0, 0.1) is 0 Å². The van der Waals surface area contributed by atoms with E-state index in [0.29, 0.717) is 37.6 Å². The lowest BCUT2D eigenvalue weighted by Crippen LogP contribution is -2.48. The van der Waals surface area contributed by atoms with Crippen LogP contribution in [0.15, 0.2) is 47.4 Å². The van der Waals surface area contributed by atoms with Crippen molar-refractivity contribution in [2.24, 2.45) is 0 Å². The minimum atomic E-state index is -3.48. The van der Waals surface area contributed by atoms with E-state index in [1.807, 2.05) is 30.3 Å². The molecular weight excluding hydrogens is 412 g/mol. The second kappa shape index (κ2) is 8.26. The molecule has 0 saturated carbocycles. The molecule has 0 spiro atoms. The molecule has 4 rings (SSSR count). The van der Waals surface area contributed by atoms with Crippen LogP contribution in [0.2, 0.25) is 0 Å². The first-order valence-corrected chi connectivity index (χ1v) is 12.0. The van der Waals surface area contributed by atoms with Crippen LogP contribution < -0.4 is 4.74 Å². The molecule has 1 aromatic heterocycles. The van der Waals surface area contributed by atoms with E-state index in [9.17, 15) is 8.42 Å². The number of sulfonamides is 1. The molecule has 1 saturated heterocycles. The zero-order valence-electron chi connectivity index (χ0n) is 18.6. The first-order valence-electron chi connectivity index (χ1n) is 10.5. The van der Waals surface area contributed by atoms with Crippen molar-refractivity contribution in [1.29, 1.82) is 0 Å². The number of aromatic amines is 1. The summed E-state index contributed by atoms with van der Waals surface area (Å²) in [5, 5.41) is 0. The molecule has 0 radical (unpaired) electrons. The topological polar surface area (TPSA) is 78.5 Å². The standard InChI is InChI=1S/C23H30N4O3S/c1-23(2,3)17-5-8-19(9-6-17)31(28,29)27-13-11-26(12-14-27)16-22-24-20-10-7-18(30-4)15-21(20)25-22/h5-10,15H,11-14,16H2,1-4H3,(H,24,25). The fourth-order valence-corrected chi connectivity index (χ4v) is 5.28. The molecule has 1 aliphatic rings. The van der Waals surface area contributed by atoms with Gasteiger partial charge in [-0.05, 0) is 35.2 Å². The maximum Gasteiger partial charge on any atom is 0.243 e. The number of benzene rings is 2. The zero-order valence-corrected chi connectivity index (χ0v) is 19.4. The summed E-state index contributed by atoms with van der Waals surface area (Å²) in [6.45, 7) is 9.29. The Morgan fingerprint density at radius 2 is 1.71 bits per heavy atom. The molecule has 0 atom stereocenters. The molecule has 8 heteroatoms. The van der Waals surface area contributed by atoms with Crippen molar-refractivity contribution in [2.45, 2.75) is 37.6 Å². The molecule has 0 aliphatic carbocycles. The number of piperazine rings is 1. The number of H-pyrrole nitrogens is 1. The van der Waals surface area contributed by atoms with Gasteiger partial charge in [-0.15, -0.1) is 0 Å². The predicted molar refractivity (Wildman–Crippen MR) is 122 cm³/mol. The molecule has 3 aromatic rings. The van der Waals surface area contributed by atoms with Gasteiger partial charge in [0.25, 0.3) is 0 Å². The summed E-state index contributed by atoms with van der Waals surface area (Å²) in [6, 6.07) is 13.0. The number of imidazole rings is 1. The van der Waals surface area contributed by atoms with Crippen LogP contribution in [-0.2, 0) is 22.0 Å². The summed E-state index contributed by atoms with van der Waals surface area (Å²) >= 11 is 0. The summed E-state index contributed by atoms with van der Waals surface area (Å²) < 4.78 is 33.0. The van der Waals surface area contributed by atoms with Gasteiger partial charge in [0.05, 0.1) is 29.6 Å². The molecule has 1 fully saturated rings. The van der Waals surface area contributed by atoms with Crippen LogP contribution in [0.3, 0.4) is 0 Å². The van der Waals surface area contributed by atoms with E-state index in [4.69, 9.17) is 4.74 Å². The molecule has 1 N–H and O–H groups in total. The minimum absolute atomic E-state index is 0.00426.